The smallest absolute Gasteiger partial charge is 0.163 e. The lowest BCUT2D eigenvalue weighted by molar-refractivity contribution is 0.421. The summed E-state index contributed by atoms with van der Waals surface area (Å²) < 4.78 is 20.0. The summed E-state index contributed by atoms with van der Waals surface area (Å²) in [6, 6.07) is 11.7. The average Bonchev–Trinajstić information content (AvgIpc) is 3.10. The summed E-state index contributed by atoms with van der Waals surface area (Å²) in [6.45, 7) is 0.219. The van der Waals surface area contributed by atoms with Gasteiger partial charge in [0.2, 0.25) is 0 Å². The van der Waals surface area contributed by atoms with Crippen molar-refractivity contribution in [2.45, 2.75) is 6.54 Å². The molecule has 3 aromatic rings. The Morgan fingerprint density at radius 3 is 2.85 bits per heavy atom. The Morgan fingerprint density at radius 1 is 1.30 bits per heavy atom. The van der Waals surface area contributed by atoms with Gasteiger partial charge in [-0.2, -0.15) is 10.4 Å². The molecule has 0 fully saturated rings. The van der Waals surface area contributed by atoms with Crippen molar-refractivity contribution in [2.75, 3.05) is 0 Å². The van der Waals surface area contributed by atoms with Crippen LogP contribution in [0.4, 0.5) is 4.39 Å². The Labute approximate surface area is 113 Å². The molecule has 2 heterocycles. The molecular formula is C14H9FN4O. The molecule has 0 saturated carbocycles. The number of aromatic nitrogens is 3. The summed E-state index contributed by atoms with van der Waals surface area (Å²) in [5, 5.41) is 16.9. The lowest BCUT2D eigenvalue weighted by Crippen LogP contribution is -2.05. The van der Waals surface area contributed by atoms with Crippen molar-refractivity contribution in [3.05, 3.63) is 59.7 Å². The first-order valence-corrected chi connectivity index (χ1v) is 5.90. The summed E-state index contributed by atoms with van der Waals surface area (Å²) >= 11 is 0. The molecule has 0 aliphatic heterocycles. The van der Waals surface area contributed by atoms with Crippen LogP contribution in [0.1, 0.15) is 11.3 Å². The van der Waals surface area contributed by atoms with Gasteiger partial charge in [-0.05, 0) is 6.07 Å². The summed E-state index contributed by atoms with van der Waals surface area (Å²) in [5.74, 6) is -0.312. The number of benzene rings is 1. The summed E-state index contributed by atoms with van der Waals surface area (Å²) in [5.41, 5.74) is 1.90. The van der Waals surface area contributed by atoms with Crippen LogP contribution in [-0.4, -0.2) is 14.9 Å². The Hall–Kier alpha value is -2.94. The van der Waals surface area contributed by atoms with Crippen LogP contribution in [0.2, 0.25) is 0 Å². The molecular weight excluding hydrogens is 259 g/mol. The van der Waals surface area contributed by atoms with Crippen molar-refractivity contribution < 1.29 is 8.91 Å². The molecule has 0 radical (unpaired) electrons. The molecule has 6 heteroatoms. The fourth-order valence-corrected chi connectivity index (χ4v) is 1.93. The van der Waals surface area contributed by atoms with Crippen LogP contribution in [0.25, 0.3) is 11.4 Å². The average molecular weight is 268 g/mol. The second-order valence-corrected chi connectivity index (χ2v) is 4.16. The normalized spacial score (nSPS) is 10.4. The van der Waals surface area contributed by atoms with Crippen molar-refractivity contribution >= 4 is 0 Å². The van der Waals surface area contributed by atoms with Crippen LogP contribution >= 0.6 is 0 Å². The van der Waals surface area contributed by atoms with Gasteiger partial charge in [0, 0.05) is 17.7 Å². The van der Waals surface area contributed by atoms with Crippen LogP contribution in [0, 0.1) is 17.1 Å². The van der Waals surface area contributed by atoms with E-state index in [1.165, 1.54) is 17.0 Å². The fourth-order valence-electron chi connectivity index (χ4n) is 1.93. The highest BCUT2D eigenvalue weighted by molar-refractivity contribution is 5.55. The van der Waals surface area contributed by atoms with E-state index >= 15 is 0 Å². The Bertz CT molecular complexity index is 771. The summed E-state index contributed by atoms with van der Waals surface area (Å²) in [4.78, 5) is 0. The standard InChI is InChI=1S/C14H9FN4O/c15-12-4-2-1-3-10(12)9-19-14(7-11(8-16)17-19)13-5-6-20-18-13/h1-7H,9H2. The molecule has 0 amide bonds. The molecule has 0 atom stereocenters. The Morgan fingerprint density at radius 2 is 2.15 bits per heavy atom. The Balaban J connectivity index is 2.04. The number of nitriles is 1. The SMILES string of the molecule is N#Cc1cc(-c2ccon2)n(Cc2ccccc2F)n1. The second kappa shape index (κ2) is 4.97. The van der Waals surface area contributed by atoms with Crippen molar-refractivity contribution in [1.29, 1.82) is 5.26 Å². The minimum atomic E-state index is -0.312. The maximum absolute atomic E-state index is 13.7. The van der Waals surface area contributed by atoms with E-state index in [0.29, 0.717) is 17.0 Å². The zero-order valence-electron chi connectivity index (χ0n) is 10.3. The topological polar surface area (TPSA) is 67.6 Å². The van der Waals surface area contributed by atoms with Gasteiger partial charge in [0.05, 0.1) is 12.2 Å². The maximum Gasteiger partial charge on any atom is 0.163 e. The van der Waals surface area contributed by atoms with Gasteiger partial charge in [0.1, 0.15) is 23.8 Å². The van der Waals surface area contributed by atoms with Gasteiger partial charge in [0.25, 0.3) is 0 Å². The van der Waals surface area contributed by atoms with Crippen molar-refractivity contribution in [3.63, 3.8) is 0 Å². The van der Waals surface area contributed by atoms with Gasteiger partial charge in [-0.15, -0.1) is 0 Å². The number of hydrogen-bond donors (Lipinski definition) is 0. The highest BCUT2D eigenvalue weighted by atomic mass is 19.1. The first-order chi connectivity index (χ1) is 9.78. The van der Waals surface area contributed by atoms with Crippen LogP contribution in [0.5, 0.6) is 0 Å². The van der Waals surface area contributed by atoms with Crippen molar-refractivity contribution in [2.24, 2.45) is 0 Å². The van der Waals surface area contributed by atoms with Gasteiger partial charge in [-0.1, -0.05) is 23.4 Å². The van der Waals surface area contributed by atoms with Gasteiger partial charge in [-0.25, -0.2) is 4.39 Å². The summed E-state index contributed by atoms with van der Waals surface area (Å²) in [7, 11) is 0. The summed E-state index contributed by atoms with van der Waals surface area (Å²) in [6.07, 6.45) is 1.43. The van der Waals surface area contributed by atoms with E-state index in [2.05, 4.69) is 10.3 Å². The van der Waals surface area contributed by atoms with Gasteiger partial charge in [0.15, 0.2) is 5.69 Å². The molecule has 0 saturated heterocycles. The van der Waals surface area contributed by atoms with Crippen LogP contribution in [-0.2, 0) is 6.54 Å². The third-order valence-corrected chi connectivity index (χ3v) is 2.87. The lowest BCUT2D eigenvalue weighted by atomic mass is 10.2. The minimum Gasteiger partial charge on any atom is -0.364 e. The first kappa shape index (κ1) is 12.1. The van der Waals surface area contributed by atoms with Crippen LogP contribution < -0.4 is 0 Å². The predicted octanol–water partition coefficient (Wildman–Crippen LogP) is 2.60. The molecule has 0 N–H and O–H groups in total. The molecule has 0 bridgehead atoms. The quantitative estimate of drug-likeness (QED) is 0.732. The largest absolute Gasteiger partial charge is 0.364 e. The van der Waals surface area contributed by atoms with Crippen molar-refractivity contribution in [3.8, 4) is 17.5 Å². The van der Waals surface area contributed by atoms with Gasteiger partial charge in [-0.3, -0.25) is 4.68 Å². The third-order valence-electron chi connectivity index (χ3n) is 2.87. The molecule has 0 spiro atoms. The monoisotopic (exact) mass is 268 g/mol. The third kappa shape index (κ3) is 2.17. The molecule has 2 aromatic heterocycles. The van der Waals surface area contributed by atoms with E-state index in [4.69, 9.17) is 9.78 Å². The van der Waals surface area contributed by atoms with Gasteiger partial charge >= 0.3 is 0 Å². The molecule has 0 unspecified atom stereocenters. The van der Waals surface area contributed by atoms with E-state index in [1.54, 1.807) is 30.3 Å². The number of hydrogen-bond acceptors (Lipinski definition) is 4. The highest BCUT2D eigenvalue weighted by Crippen LogP contribution is 2.20. The molecule has 5 nitrogen and oxygen atoms in total. The van der Waals surface area contributed by atoms with Gasteiger partial charge < -0.3 is 4.52 Å². The molecule has 20 heavy (non-hydrogen) atoms. The second-order valence-electron chi connectivity index (χ2n) is 4.16. The van der Waals surface area contributed by atoms with E-state index in [1.807, 2.05) is 6.07 Å². The predicted molar refractivity (Wildman–Crippen MR) is 67.9 cm³/mol. The molecule has 3 rings (SSSR count). The number of nitrogens with zero attached hydrogens (tertiary/aromatic N) is 4. The molecule has 0 aliphatic carbocycles. The number of rotatable bonds is 3. The lowest BCUT2D eigenvalue weighted by Gasteiger charge is -2.06. The minimum absolute atomic E-state index is 0.219. The van der Waals surface area contributed by atoms with Crippen LogP contribution in [0.3, 0.4) is 0 Å². The zero-order valence-corrected chi connectivity index (χ0v) is 10.3. The first-order valence-electron chi connectivity index (χ1n) is 5.90. The van der Waals surface area contributed by atoms with E-state index in [9.17, 15) is 4.39 Å². The maximum atomic E-state index is 13.7. The molecule has 1 aromatic carbocycles. The van der Waals surface area contributed by atoms with E-state index < -0.39 is 0 Å². The molecule has 0 aliphatic rings. The Kier molecular flexibility index (Phi) is 3.01. The van der Waals surface area contributed by atoms with Crippen molar-refractivity contribution in [1.82, 2.24) is 14.9 Å². The highest BCUT2D eigenvalue weighted by Gasteiger charge is 2.13. The van der Waals surface area contributed by atoms with Crippen LogP contribution in [0.15, 0.2) is 47.2 Å². The van der Waals surface area contributed by atoms with E-state index in [0.717, 1.165) is 0 Å². The zero-order chi connectivity index (χ0) is 13.9. The fraction of sp³-hybridized carbons (Fsp3) is 0.0714. The number of halogens is 1. The van der Waals surface area contributed by atoms with E-state index in [-0.39, 0.29) is 18.1 Å². The molecule has 98 valence electrons.